The molecule has 1 aliphatic heterocycles. The molecule has 0 amide bonds. The molecule has 2 heteroatoms. The van der Waals surface area contributed by atoms with E-state index in [1.54, 1.807) is 0 Å². The molecule has 1 fully saturated rings. The SMILES string of the molecule is CC(C)C1CCN(C2Cc3ccccc3C2N)C1. The largest absolute Gasteiger partial charge is 0.323 e. The quantitative estimate of drug-likeness (QED) is 0.866. The zero-order valence-electron chi connectivity index (χ0n) is 11.5. The van der Waals surface area contributed by atoms with E-state index in [0.29, 0.717) is 6.04 Å². The average molecular weight is 244 g/mol. The molecule has 0 radical (unpaired) electrons. The minimum Gasteiger partial charge on any atom is -0.323 e. The zero-order chi connectivity index (χ0) is 12.7. The first-order valence-electron chi connectivity index (χ1n) is 7.24. The van der Waals surface area contributed by atoms with Crippen LogP contribution in [0.4, 0.5) is 0 Å². The summed E-state index contributed by atoms with van der Waals surface area (Å²) in [5, 5.41) is 0. The number of benzene rings is 1. The van der Waals surface area contributed by atoms with Crippen LogP contribution in [0.2, 0.25) is 0 Å². The molecule has 1 aliphatic carbocycles. The second kappa shape index (κ2) is 4.67. The smallest absolute Gasteiger partial charge is 0.0459 e. The lowest BCUT2D eigenvalue weighted by atomic mass is 9.95. The van der Waals surface area contributed by atoms with Crippen LogP contribution in [-0.4, -0.2) is 24.0 Å². The molecular formula is C16H24N2. The van der Waals surface area contributed by atoms with Gasteiger partial charge in [0, 0.05) is 18.6 Å². The average Bonchev–Trinajstić information content (AvgIpc) is 2.95. The molecule has 18 heavy (non-hydrogen) atoms. The number of hydrogen-bond donors (Lipinski definition) is 1. The van der Waals surface area contributed by atoms with Gasteiger partial charge in [-0.2, -0.15) is 0 Å². The van der Waals surface area contributed by atoms with Gasteiger partial charge in [0.1, 0.15) is 0 Å². The first kappa shape index (κ1) is 12.2. The number of nitrogens with two attached hydrogens (primary N) is 1. The normalized spacial score (nSPS) is 32.1. The van der Waals surface area contributed by atoms with Crippen LogP contribution in [-0.2, 0) is 6.42 Å². The highest BCUT2D eigenvalue weighted by Crippen LogP contribution is 2.36. The van der Waals surface area contributed by atoms with E-state index in [1.807, 2.05) is 0 Å². The third-order valence-corrected chi connectivity index (χ3v) is 4.93. The lowest BCUT2D eigenvalue weighted by molar-refractivity contribution is 0.207. The summed E-state index contributed by atoms with van der Waals surface area (Å²) in [6, 6.07) is 9.44. The minimum atomic E-state index is 0.215. The lowest BCUT2D eigenvalue weighted by Crippen LogP contribution is -2.39. The van der Waals surface area contributed by atoms with E-state index in [4.69, 9.17) is 5.73 Å². The van der Waals surface area contributed by atoms with Crippen molar-refractivity contribution in [2.45, 2.75) is 38.8 Å². The summed E-state index contributed by atoms with van der Waals surface area (Å²) in [4.78, 5) is 2.63. The summed E-state index contributed by atoms with van der Waals surface area (Å²) in [7, 11) is 0. The van der Waals surface area contributed by atoms with Gasteiger partial charge in [0.2, 0.25) is 0 Å². The molecule has 1 aromatic rings. The van der Waals surface area contributed by atoms with Gasteiger partial charge in [-0.05, 0) is 42.3 Å². The van der Waals surface area contributed by atoms with E-state index in [-0.39, 0.29) is 6.04 Å². The van der Waals surface area contributed by atoms with Gasteiger partial charge in [0.15, 0.2) is 0 Å². The molecule has 2 N–H and O–H groups in total. The van der Waals surface area contributed by atoms with Crippen molar-refractivity contribution in [3.8, 4) is 0 Å². The van der Waals surface area contributed by atoms with E-state index in [1.165, 1.54) is 30.6 Å². The van der Waals surface area contributed by atoms with Crippen LogP contribution < -0.4 is 5.73 Å². The van der Waals surface area contributed by atoms with Crippen LogP contribution in [0.5, 0.6) is 0 Å². The van der Waals surface area contributed by atoms with Gasteiger partial charge in [-0.1, -0.05) is 38.1 Å². The minimum absolute atomic E-state index is 0.215. The Balaban J connectivity index is 1.73. The second-order valence-corrected chi connectivity index (χ2v) is 6.28. The predicted octanol–water partition coefficient (Wildman–Crippen LogP) is 2.59. The maximum atomic E-state index is 6.45. The number of likely N-dealkylation sites (tertiary alicyclic amines) is 1. The monoisotopic (exact) mass is 244 g/mol. The van der Waals surface area contributed by atoms with Crippen molar-refractivity contribution in [1.29, 1.82) is 0 Å². The topological polar surface area (TPSA) is 29.3 Å². The van der Waals surface area contributed by atoms with Gasteiger partial charge in [-0.15, -0.1) is 0 Å². The molecule has 3 rings (SSSR count). The molecule has 2 nitrogen and oxygen atoms in total. The summed E-state index contributed by atoms with van der Waals surface area (Å²) in [5.74, 6) is 1.66. The first-order chi connectivity index (χ1) is 8.66. The van der Waals surface area contributed by atoms with Crippen molar-refractivity contribution in [3.63, 3.8) is 0 Å². The van der Waals surface area contributed by atoms with Crippen molar-refractivity contribution in [2.75, 3.05) is 13.1 Å². The lowest BCUT2D eigenvalue weighted by Gasteiger charge is -2.28. The van der Waals surface area contributed by atoms with E-state index in [0.717, 1.165) is 18.3 Å². The molecular weight excluding hydrogens is 220 g/mol. The van der Waals surface area contributed by atoms with Crippen LogP contribution in [0.25, 0.3) is 0 Å². The maximum absolute atomic E-state index is 6.45. The zero-order valence-corrected chi connectivity index (χ0v) is 11.5. The van der Waals surface area contributed by atoms with Crippen molar-refractivity contribution < 1.29 is 0 Å². The van der Waals surface area contributed by atoms with Gasteiger partial charge < -0.3 is 5.73 Å². The summed E-state index contributed by atoms with van der Waals surface area (Å²) in [5.41, 5.74) is 9.28. The van der Waals surface area contributed by atoms with E-state index >= 15 is 0 Å². The summed E-state index contributed by atoms with van der Waals surface area (Å²) >= 11 is 0. The standard InChI is InChI=1S/C16H24N2/c1-11(2)13-7-8-18(10-13)15-9-12-5-3-4-6-14(12)16(15)17/h3-6,11,13,15-16H,7-10,17H2,1-2H3. The second-order valence-electron chi connectivity index (χ2n) is 6.28. The fourth-order valence-corrected chi connectivity index (χ4v) is 3.62. The van der Waals surface area contributed by atoms with Crippen molar-refractivity contribution in [2.24, 2.45) is 17.6 Å². The van der Waals surface area contributed by atoms with Gasteiger partial charge in [-0.3, -0.25) is 4.90 Å². The highest BCUT2D eigenvalue weighted by Gasteiger charge is 2.37. The molecule has 0 bridgehead atoms. The number of fused-ring (bicyclic) bond motifs is 1. The van der Waals surface area contributed by atoms with Crippen LogP contribution in [0.15, 0.2) is 24.3 Å². The molecule has 3 unspecified atom stereocenters. The number of hydrogen-bond acceptors (Lipinski definition) is 2. The van der Waals surface area contributed by atoms with E-state index in [9.17, 15) is 0 Å². The van der Waals surface area contributed by atoms with Crippen molar-refractivity contribution in [3.05, 3.63) is 35.4 Å². The highest BCUT2D eigenvalue weighted by atomic mass is 15.2. The van der Waals surface area contributed by atoms with Crippen molar-refractivity contribution >= 4 is 0 Å². The predicted molar refractivity (Wildman–Crippen MR) is 75.4 cm³/mol. The van der Waals surface area contributed by atoms with Crippen LogP contribution in [0.3, 0.4) is 0 Å². The molecule has 2 aliphatic rings. The fraction of sp³-hybridized carbons (Fsp3) is 0.625. The van der Waals surface area contributed by atoms with Gasteiger partial charge in [0.05, 0.1) is 0 Å². The Bertz CT molecular complexity index is 427. The number of rotatable bonds is 2. The van der Waals surface area contributed by atoms with E-state index < -0.39 is 0 Å². The summed E-state index contributed by atoms with van der Waals surface area (Å²) < 4.78 is 0. The Kier molecular flexibility index (Phi) is 3.16. The van der Waals surface area contributed by atoms with Gasteiger partial charge in [-0.25, -0.2) is 0 Å². The molecule has 1 saturated heterocycles. The van der Waals surface area contributed by atoms with Crippen LogP contribution in [0.1, 0.15) is 37.4 Å². The third kappa shape index (κ3) is 1.98. The summed E-state index contributed by atoms with van der Waals surface area (Å²) in [6.07, 6.45) is 2.49. The van der Waals surface area contributed by atoms with E-state index in [2.05, 4.69) is 43.0 Å². The fourth-order valence-electron chi connectivity index (χ4n) is 3.62. The molecule has 0 aromatic heterocycles. The molecule has 1 aromatic carbocycles. The Labute approximate surface area is 110 Å². The van der Waals surface area contributed by atoms with Gasteiger partial charge in [0.25, 0.3) is 0 Å². The molecule has 0 saturated carbocycles. The Morgan fingerprint density at radius 2 is 2.06 bits per heavy atom. The summed E-state index contributed by atoms with van der Waals surface area (Å²) in [6.45, 7) is 7.16. The van der Waals surface area contributed by atoms with Crippen LogP contribution >= 0.6 is 0 Å². The van der Waals surface area contributed by atoms with Crippen molar-refractivity contribution in [1.82, 2.24) is 4.90 Å². The molecule has 1 heterocycles. The Morgan fingerprint density at radius 3 is 2.72 bits per heavy atom. The first-order valence-corrected chi connectivity index (χ1v) is 7.24. The number of nitrogens with zero attached hydrogens (tertiary/aromatic N) is 1. The van der Waals surface area contributed by atoms with Crippen LogP contribution in [0, 0.1) is 11.8 Å². The molecule has 3 atom stereocenters. The van der Waals surface area contributed by atoms with Gasteiger partial charge >= 0.3 is 0 Å². The maximum Gasteiger partial charge on any atom is 0.0459 e. The Morgan fingerprint density at radius 1 is 1.28 bits per heavy atom. The highest BCUT2D eigenvalue weighted by molar-refractivity contribution is 5.37. The Hall–Kier alpha value is -0.860. The molecule has 98 valence electrons. The molecule has 0 spiro atoms. The third-order valence-electron chi connectivity index (χ3n) is 4.93.